The lowest BCUT2D eigenvalue weighted by Gasteiger charge is -2.30. The molecule has 1 aliphatic carbocycles. The fraction of sp³-hybridized carbons (Fsp3) is 0.600. The van der Waals surface area contributed by atoms with Crippen LogP contribution in [0.4, 0.5) is 0 Å². The van der Waals surface area contributed by atoms with E-state index in [1.54, 1.807) is 5.56 Å². The largest absolute Gasteiger partial charge is 0.125 e. The first-order valence-electron chi connectivity index (χ1n) is 6.50. The molecule has 2 heteroatoms. The number of halogens is 1. The van der Waals surface area contributed by atoms with Gasteiger partial charge in [-0.05, 0) is 48.1 Å². The highest BCUT2D eigenvalue weighted by molar-refractivity contribution is 9.09. The van der Waals surface area contributed by atoms with Crippen LogP contribution in [0.25, 0.3) is 0 Å². The Hall–Kier alpha value is 0.0500. The molecule has 1 heterocycles. The van der Waals surface area contributed by atoms with Gasteiger partial charge in [-0.1, -0.05) is 41.1 Å². The zero-order valence-corrected chi connectivity index (χ0v) is 12.7. The number of hydrogen-bond acceptors (Lipinski definition) is 1. The first-order chi connectivity index (χ1) is 8.23. The molecule has 1 saturated carbocycles. The Kier molecular flexibility index (Phi) is 3.29. The molecule has 2 unspecified atom stereocenters. The van der Waals surface area contributed by atoms with Crippen molar-refractivity contribution in [2.45, 2.75) is 37.0 Å². The summed E-state index contributed by atoms with van der Waals surface area (Å²) in [5.74, 6) is 3.04. The van der Waals surface area contributed by atoms with Gasteiger partial charge in [0.2, 0.25) is 0 Å². The molecule has 0 spiro atoms. The topological polar surface area (TPSA) is 0 Å². The predicted molar refractivity (Wildman–Crippen MR) is 79.1 cm³/mol. The van der Waals surface area contributed by atoms with Crippen molar-refractivity contribution >= 4 is 27.7 Å². The van der Waals surface area contributed by atoms with Gasteiger partial charge in [0.15, 0.2) is 0 Å². The average molecular weight is 311 g/mol. The maximum atomic E-state index is 3.75. The summed E-state index contributed by atoms with van der Waals surface area (Å²) >= 11 is 5.80. The smallest absolute Gasteiger partial charge is 0.0107 e. The van der Waals surface area contributed by atoms with Crippen LogP contribution < -0.4 is 0 Å². The Morgan fingerprint density at radius 1 is 1.35 bits per heavy atom. The number of hydrogen-bond donors (Lipinski definition) is 0. The summed E-state index contributed by atoms with van der Waals surface area (Å²) in [5, 5.41) is 1.16. The maximum Gasteiger partial charge on any atom is 0.0107 e. The summed E-state index contributed by atoms with van der Waals surface area (Å²) in [5.41, 5.74) is 2.12. The second-order valence-corrected chi connectivity index (χ2v) is 7.43. The molecule has 0 bridgehead atoms. The zero-order valence-electron chi connectivity index (χ0n) is 10.3. The fourth-order valence-corrected chi connectivity index (χ4v) is 5.01. The number of rotatable bonds is 4. The highest BCUT2D eigenvalue weighted by Gasteiger charge is 2.43. The van der Waals surface area contributed by atoms with Crippen molar-refractivity contribution in [3.05, 3.63) is 29.8 Å². The third kappa shape index (κ3) is 2.31. The van der Waals surface area contributed by atoms with Gasteiger partial charge < -0.3 is 0 Å². The molecule has 1 aromatic rings. The van der Waals surface area contributed by atoms with E-state index in [1.807, 2.05) is 11.8 Å². The number of benzene rings is 1. The first kappa shape index (κ1) is 12.1. The van der Waals surface area contributed by atoms with Gasteiger partial charge >= 0.3 is 0 Å². The van der Waals surface area contributed by atoms with Gasteiger partial charge in [-0.2, -0.15) is 0 Å². The van der Waals surface area contributed by atoms with E-state index in [9.17, 15) is 0 Å². The van der Waals surface area contributed by atoms with Gasteiger partial charge in [0.25, 0.3) is 0 Å². The van der Waals surface area contributed by atoms with Crippen LogP contribution in [0.5, 0.6) is 0 Å². The van der Waals surface area contributed by atoms with Crippen LogP contribution in [0, 0.1) is 11.3 Å². The van der Waals surface area contributed by atoms with Crippen molar-refractivity contribution in [3.8, 4) is 0 Å². The second kappa shape index (κ2) is 4.62. The number of fused-ring (bicyclic) bond motifs is 1. The molecule has 2 aliphatic rings. The third-order valence-electron chi connectivity index (χ3n) is 4.38. The molecule has 1 fully saturated rings. The standard InChI is InChI=1S/C15H19BrS/c1-15(10-16,12-6-7-12)8-11-9-17-14-5-3-2-4-13(11)14/h2-5,11-12H,6-10H2,1H3. The van der Waals surface area contributed by atoms with Gasteiger partial charge in [0.05, 0.1) is 0 Å². The lowest BCUT2D eigenvalue weighted by Crippen LogP contribution is -2.24. The molecule has 0 amide bonds. The van der Waals surface area contributed by atoms with Crippen LogP contribution in [0.2, 0.25) is 0 Å². The molecule has 3 rings (SSSR count). The molecule has 0 nitrogen and oxygen atoms in total. The molecule has 0 aromatic heterocycles. The summed E-state index contributed by atoms with van der Waals surface area (Å²) < 4.78 is 0. The Labute approximate surface area is 117 Å². The number of alkyl halides is 1. The van der Waals surface area contributed by atoms with E-state index in [0.717, 1.165) is 17.2 Å². The molecule has 2 atom stereocenters. The van der Waals surface area contributed by atoms with Gasteiger partial charge in [-0.3, -0.25) is 0 Å². The minimum absolute atomic E-state index is 0.517. The Morgan fingerprint density at radius 3 is 2.82 bits per heavy atom. The minimum Gasteiger partial charge on any atom is -0.125 e. The molecule has 92 valence electrons. The van der Waals surface area contributed by atoms with E-state index in [4.69, 9.17) is 0 Å². The normalized spacial score (nSPS) is 26.6. The average Bonchev–Trinajstić information content (AvgIpc) is 3.14. The lowest BCUT2D eigenvalue weighted by molar-refractivity contribution is 0.276. The molecule has 1 aliphatic heterocycles. The van der Waals surface area contributed by atoms with Crippen LogP contribution in [0.1, 0.15) is 37.7 Å². The first-order valence-corrected chi connectivity index (χ1v) is 8.61. The van der Waals surface area contributed by atoms with Crippen LogP contribution in [0.3, 0.4) is 0 Å². The summed E-state index contributed by atoms with van der Waals surface area (Å²) in [6.07, 6.45) is 4.25. The van der Waals surface area contributed by atoms with Crippen molar-refractivity contribution in [3.63, 3.8) is 0 Å². The van der Waals surface area contributed by atoms with E-state index in [0.29, 0.717) is 5.41 Å². The molecule has 1 aromatic carbocycles. The zero-order chi connectivity index (χ0) is 11.9. The quantitative estimate of drug-likeness (QED) is 0.699. The highest BCUT2D eigenvalue weighted by atomic mass is 79.9. The summed E-state index contributed by atoms with van der Waals surface area (Å²) in [4.78, 5) is 1.52. The van der Waals surface area contributed by atoms with E-state index in [2.05, 4.69) is 47.1 Å². The second-order valence-electron chi connectivity index (χ2n) is 5.81. The van der Waals surface area contributed by atoms with E-state index >= 15 is 0 Å². The summed E-state index contributed by atoms with van der Waals surface area (Å²) in [7, 11) is 0. The molecule has 0 saturated heterocycles. The number of thioether (sulfide) groups is 1. The molecule has 0 N–H and O–H groups in total. The Bertz CT molecular complexity index is 413. The van der Waals surface area contributed by atoms with Gasteiger partial charge in [0, 0.05) is 16.0 Å². The third-order valence-corrected chi connectivity index (χ3v) is 6.91. The van der Waals surface area contributed by atoms with Crippen LogP contribution in [-0.2, 0) is 0 Å². The van der Waals surface area contributed by atoms with Crippen molar-refractivity contribution < 1.29 is 0 Å². The van der Waals surface area contributed by atoms with Crippen molar-refractivity contribution in [2.75, 3.05) is 11.1 Å². The van der Waals surface area contributed by atoms with Crippen LogP contribution >= 0.6 is 27.7 Å². The van der Waals surface area contributed by atoms with Crippen LogP contribution in [-0.4, -0.2) is 11.1 Å². The van der Waals surface area contributed by atoms with Gasteiger partial charge in [-0.15, -0.1) is 11.8 Å². The van der Waals surface area contributed by atoms with E-state index < -0.39 is 0 Å². The van der Waals surface area contributed by atoms with Crippen LogP contribution in [0.15, 0.2) is 29.2 Å². The van der Waals surface area contributed by atoms with E-state index in [1.165, 1.54) is 29.9 Å². The van der Waals surface area contributed by atoms with Crippen molar-refractivity contribution in [1.29, 1.82) is 0 Å². The molecule has 0 radical (unpaired) electrons. The lowest BCUT2D eigenvalue weighted by atomic mass is 9.77. The Morgan fingerprint density at radius 2 is 2.12 bits per heavy atom. The monoisotopic (exact) mass is 310 g/mol. The Balaban J connectivity index is 1.78. The van der Waals surface area contributed by atoms with Crippen molar-refractivity contribution in [1.82, 2.24) is 0 Å². The minimum atomic E-state index is 0.517. The molecular formula is C15H19BrS. The van der Waals surface area contributed by atoms with Gasteiger partial charge in [-0.25, -0.2) is 0 Å². The summed E-state index contributed by atoms with van der Waals surface area (Å²) in [6.45, 7) is 2.48. The maximum absolute atomic E-state index is 3.75. The highest BCUT2D eigenvalue weighted by Crippen LogP contribution is 2.53. The molecule has 17 heavy (non-hydrogen) atoms. The SMILES string of the molecule is CC(CBr)(CC1CSc2ccccc21)C1CC1. The van der Waals surface area contributed by atoms with E-state index in [-0.39, 0.29) is 0 Å². The van der Waals surface area contributed by atoms with Gasteiger partial charge in [0.1, 0.15) is 0 Å². The molecular weight excluding hydrogens is 292 g/mol. The summed E-state index contributed by atoms with van der Waals surface area (Å²) in [6, 6.07) is 8.98. The predicted octanol–water partition coefficient (Wildman–Crippen LogP) is 5.08. The van der Waals surface area contributed by atoms with Crippen molar-refractivity contribution in [2.24, 2.45) is 11.3 Å². The fourth-order valence-electron chi connectivity index (χ4n) is 3.07.